The normalized spacial score (nSPS) is 17.6. The topological polar surface area (TPSA) is 94.7 Å². The number of ether oxygens (including phenoxy) is 3. The third-order valence-corrected chi connectivity index (χ3v) is 6.33. The summed E-state index contributed by atoms with van der Waals surface area (Å²) in [6.45, 7) is 0. The number of pyridine rings is 1. The fourth-order valence-corrected chi connectivity index (χ4v) is 4.66. The Labute approximate surface area is 199 Å². The number of allylic oxidation sites excluding steroid dienone is 1. The number of aromatic nitrogens is 1. The molecule has 0 saturated heterocycles. The molecular weight excluding hydrogens is 446 g/mol. The molecule has 1 N–H and O–H groups in total. The van der Waals surface area contributed by atoms with Gasteiger partial charge in [0.15, 0.2) is 5.76 Å². The van der Waals surface area contributed by atoms with Crippen LogP contribution in [0.25, 0.3) is 17.0 Å². The fourth-order valence-electron chi connectivity index (χ4n) is 4.66. The Morgan fingerprint density at radius 1 is 0.971 bits per heavy atom. The predicted octanol–water partition coefficient (Wildman–Crippen LogP) is 4.59. The van der Waals surface area contributed by atoms with Crippen molar-refractivity contribution in [2.45, 2.75) is 12.3 Å². The molecule has 7 nitrogen and oxygen atoms in total. The minimum absolute atomic E-state index is 0.0582. The van der Waals surface area contributed by atoms with Crippen LogP contribution in [0.4, 0.5) is 0 Å². The van der Waals surface area contributed by atoms with Gasteiger partial charge in [0.1, 0.15) is 17.2 Å². The van der Waals surface area contributed by atoms with Crippen LogP contribution in [-0.2, 0) is 4.79 Å². The molecule has 4 aromatic rings. The molecule has 2 aliphatic rings. The number of nitrogens with one attached hydrogen (secondary N) is 1. The van der Waals surface area contributed by atoms with Gasteiger partial charge < -0.3 is 19.2 Å². The Balaban J connectivity index is 1.51. The number of Topliss-reactive ketones (excluding diaryl/α,β-unsaturated/α-hetero) is 1. The van der Waals surface area contributed by atoms with E-state index in [1.165, 1.54) is 0 Å². The molecule has 172 valence electrons. The van der Waals surface area contributed by atoms with E-state index in [0.717, 1.165) is 10.9 Å². The van der Waals surface area contributed by atoms with E-state index in [0.29, 0.717) is 33.7 Å². The number of ketones is 1. The van der Waals surface area contributed by atoms with Crippen LogP contribution in [0.15, 0.2) is 77.3 Å². The van der Waals surface area contributed by atoms with Gasteiger partial charge in [-0.25, -0.2) is 0 Å². The van der Waals surface area contributed by atoms with Crippen LogP contribution in [0.3, 0.4) is 0 Å². The number of hydrogen-bond donors (Lipinski definition) is 1. The van der Waals surface area contributed by atoms with Crippen molar-refractivity contribution in [2.24, 2.45) is 0 Å². The molecule has 1 unspecified atom stereocenters. The summed E-state index contributed by atoms with van der Waals surface area (Å²) in [6.07, 6.45) is 1.62. The zero-order valence-electron chi connectivity index (χ0n) is 18.7. The zero-order valence-corrected chi connectivity index (χ0v) is 18.7. The van der Waals surface area contributed by atoms with Crippen molar-refractivity contribution in [3.8, 4) is 17.2 Å². The number of carbonyl (C=O) groups excluding carboxylic acids is 2. The summed E-state index contributed by atoms with van der Waals surface area (Å²) in [5.74, 6) is 0.0407. The SMILES string of the molecule is COc1ccc2[nH]c(=O)c(C3CC(=O)Oc4ccc5c(c43)OC(=Cc3ccccc3)C5=O)cc2c1. The van der Waals surface area contributed by atoms with E-state index in [-0.39, 0.29) is 29.3 Å². The minimum atomic E-state index is -0.649. The Kier molecular flexibility index (Phi) is 4.77. The number of carbonyl (C=O) groups is 2. The predicted molar refractivity (Wildman–Crippen MR) is 129 cm³/mol. The maximum absolute atomic E-state index is 13.1. The molecule has 0 aliphatic carbocycles. The smallest absolute Gasteiger partial charge is 0.312 e. The van der Waals surface area contributed by atoms with Crippen LogP contribution in [0.5, 0.6) is 17.2 Å². The summed E-state index contributed by atoms with van der Waals surface area (Å²) in [5.41, 5.74) is 2.41. The number of hydrogen-bond acceptors (Lipinski definition) is 6. The lowest BCUT2D eigenvalue weighted by molar-refractivity contribution is -0.135. The molecule has 0 spiro atoms. The van der Waals surface area contributed by atoms with Crippen molar-refractivity contribution >= 4 is 28.7 Å². The third kappa shape index (κ3) is 3.49. The van der Waals surface area contributed by atoms with E-state index < -0.39 is 11.9 Å². The molecule has 0 fully saturated rings. The largest absolute Gasteiger partial charge is 0.497 e. The maximum Gasteiger partial charge on any atom is 0.312 e. The van der Waals surface area contributed by atoms with Gasteiger partial charge in [-0.15, -0.1) is 0 Å². The molecule has 35 heavy (non-hydrogen) atoms. The molecule has 0 bridgehead atoms. The second-order valence-corrected chi connectivity index (χ2v) is 8.44. The summed E-state index contributed by atoms with van der Waals surface area (Å²) < 4.78 is 16.9. The standard InChI is InChI=1S/C28H19NO6/c1-33-17-7-9-21-16(12-17)13-20(28(32)29-21)19-14-24(30)34-22-10-8-18-26(31)23(35-27(18)25(19)22)11-15-5-3-2-4-6-15/h2-13,19H,14H2,1H3,(H,29,32). The lowest BCUT2D eigenvalue weighted by atomic mass is 9.85. The molecular formula is C28H19NO6. The van der Waals surface area contributed by atoms with Crippen LogP contribution < -0.4 is 19.8 Å². The Morgan fingerprint density at radius 2 is 1.80 bits per heavy atom. The second kappa shape index (κ2) is 7.99. The Bertz CT molecular complexity index is 1620. The summed E-state index contributed by atoms with van der Waals surface area (Å²) in [4.78, 5) is 41.6. The van der Waals surface area contributed by atoms with Crippen molar-refractivity contribution in [3.63, 3.8) is 0 Å². The third-order valence-electron chi connectivity index (χ3n) is 6.33. The average Bonchev–Trinajstić information content (AvgIpc) is 3.18. The molecule has 1 atom stereocenters. The van der Waals surface area contributed by atoms with Crippen LogP contribution in [0, 0.1) is 0 Å². The number of benzene rings is 3. The van der Waals surface area contributed by atoms with Crippen LogP contribution in [-0.4, -0.2) is 23.8 Å². The molecule has 0 saturated carbocycles. The van der Waals surface area contributed by atoms with Gasteiger partial charge in [-0.2, -0.15) is 0 Å². The lowest BCUT2D eigenvalue weighted by Gasteiger charge is -2.26. The van der Waals surface area contributed by atoms with E-state index in [4.69, 9.17) is 14.2 Å². The number of fused-ring (bicyclic) bond motifs is 4. The first kappa shape index (κ1) is 20.9. The van der Waals surface area contributed by atoms with Crippen molar-refractivity contribution in [3.05, 3.63) is 105 Å². The van der Waals surface area contributed by atoms with Crippen molar-refractivity contribution in [2.75, 3.05) is 7.11 Å². The molecule has 0 radical (unpaired) electrons. The van der Waals surface area contributed by atoms with Gasteiger partial charge in [0.25, 0.3) is 5.56 Å². The molecule has 6 rings (SSSR count). The summed E-state index contributed by atoms with van der Waals surface area (Å²) in [5, 5.41) is 0.758. The highest BCUT2D eigenvalue weighted by atomic mass is 16.5. The number of rotatable bonds is 3. The number of methoxy groups -OCH3 is 1. The van der Waals surface area contributed by atoms with E-state index in [1.807, 2.05) is 36.4 Å². The summed E-state index contributed by atoms with van der Waals surface area (Å²) in [7, 11) is 1.57. The average molecular weight is 465 g/mol. The monoisotopic (exact) mass is 465 g/mol. The highest BCUT2D eigenvalue weighted by Gasteiger charge is 2.39. The lowest BCUT2D eigenvalue weighted by Crippen LogP contribution is -2.26. The van der Waals surface area contributed by atoms with Gasteiger partial charge in [0.2, 0.25) is 5.78 Å². The first-order valence-corrected chi connectivity index (χ1v) is 11.1. The van der Waals surface area contributed by atoms with E-state index >= 15 is 0 Å². The van der Waals surface area contributed by atoms with Crippen LogP contribution >= 0.6 is 0 Å². The molecule has 0 amide bonds. The molecule has 2 aliphatic heterocycles. The Hall–Kier alpha value is -4.65. The van der Waals surface area contributed by atoms with E-state index in [1.54, 1.807) is 43.5 Å². The summed E-state index contributed by atoms with van der Waals surface area (Å²) in [6, 6.07) is 19.6. The maximum atomic E-state index is 13.1. The second-order valence-electron chi connectivity index (χ2n) is 8.44. The van der Waals surface area contributed by atoms with Crippen LogP contribution in [0.2, 0.25) is 0 Å². The molecule has 3 heterocycles. The number of esters is 1. The molecule has 1 aromatic heterocycles. The number of aromatic amines is 1. The Morgan fingerprint density at radius 3 is 2.60 bits per heavy atom. The number of H-pyrrole nitrogens is 1. The van der Waals surface area contributed by atoms with Gasteiger partial charge in [0.05, 0.1) is 19.1 Å². The van der Waals surface area contributed by atoms with Gasteiger partial charge in [-0.3, -0.25) is 14.4 Å². The van der Waals surface area contributed by atoms with Crippen molar-refractivity contribution < 1.29 is 23.8 Å². The highest BCUT2D eigenvalue weighted by molar-refractivity contribution is 6.15. The summed E-state index contributed by atoms with van der Waals surface area (Å²) >= 11 is 0. The van der Waals surface area contributed by atoms with Gasteiger partial charge in [0, 0.05) is 27.9 Å². The molecule has 7 heteroatoms. The minimum Gasteiger partial charge on any atom is -0.497 e. The van der Waals surface area contributed by atoms with Gasteiger partial charge >= 0.3 is 5.97 Å². The van der Waals surface area contributed by atoms with Gasteiger partial charge in [-0.05, 0) is 48.0 Å². The highest BCUT2D eigenvalue weighted by Crippen LogP contribution is 2.48. The van der Waals surface area contributed by atoms with Crippen LogP contribution in [0.1, 0.15) is 39.4 Å². The van der Waals surface area contributed by atoms with E-state index in [2.05, 4.69) is 4.98 Å². The first-order valence-electron chi connectivity index (χ1n) is 11.1. The van der Waals surface area contributed by atoms with E-state index in [9.17, 15) is 14.4 Å². The van der Waals surface area contributed by atoms with Gasteiger partial charge in [-0.1, -0.05) is 30.3 Å². The zero-order chi connectivity index (χ0) is 24.1. The fraction of sp³-hybridized carbons (Fsp3) is 0.107. The first-order chi connectivity index (χ1) is 17.0. The van der Waals surface area contributed by atoms with Crippen molar-refractivity contribution in [1.82, 2.24) is 4.98 Å². The molecule has 3 aromatic carbocycles. The van der Waals surface area contributed by atoms with Crippen molar-refractivity contribution in [1.29, 1.82) is 0 Å². The quantitative estimate of drug-likeness (QED) is 0.270.